The van der Waals surface area contributed by atoms with Crippen LogP contribution in [-0.2, 0) is 11.2 Å². The molecule has 1 aliphatic carbocycles. The molecule has 0 spiro atoms. The van der Waals surface area contributed by atoms with Crippen LogP contribution in [0.5, 0.6) is 5.75 Å². The molecule has 4 heteroatoms. The van der Waals surface area contributed by atoms with E-state index in [4.69, 9.17) is 16.3 Å². The second-order valence-electron chi connectivity index (χ2n) is 4.53. The molecule has 98 valence electrons. The van der Waals surface area contributed by atoms with Crippen molar-refractivity contribution >= 4 is 17.5 Å². The standard InChI is InChI=1S/C14H18ClNO2/c1-18-13-6-2-11(3-7-13)10-14(17)16(9-8-15)12-4-5-12/h2-3,6-7,12H,4-5,8-10H2,1H3. The Labute approximate surface area is 113 Å². The van der Waals surface area contributed by atoms with Crippen LogP contribution in [0.15, 0.2) is 24.3 Å². The highest BCUT2D eigenvalue weighted by molar-refractivity contribution is 6.18. The third-order valence-electron chi connectivity index (χ3n) is 3.15. The first kappa shape index (κ1) is 13.2. The summed E-state index contributed by atoms with van der Waals surface area (Å²) in [6.07, 6.45) is 2.67. The van der Waals surface area contributed by atoms with Crippen LogP contribution in [0.1, 0.15) is 18.4 Å². The van der Waals surface area contributed by atoms with Crippen LogP contribution in [0, 0.1) is 0 Å². The third-order valence-corrected chi connectivity index (χ3v) is 3.32. The lowest BCUT2D eigenvalue weighted by Gasteiger charge is -2.21. The molecule has 0 saturated heterocycles. The summed E-state index contributed by atoms with van der Waals surface area (Å²) < 4.78 is 5.10. The highest BCUT2D eigenvalue weighted by Crippen LogP contribution is 2.27. The molecule has 0 aliphatic heterocycles. The number of alkyl halides is 1. The van der Waals surface area contributed by atoms with Crippen molar-refractivity contribution in [2.24, 2.45) is 0 Å². The van der Waals surface area contributed by atoms with E-state index in [0.29, 0.717) is 24.9 Å². The molecule has 1 aromatic rings. The van der Waals surface area contributed by atoms with Crippen molar-refractivity contribution in [2.75, 3.05) is 19.5 Å². The lowest BCUT2D eigenvalue weighted by molar-refractivity contribution is -0.130. The van der Waals surface area contributed by atoms with Crippen LogP contribution in [0.4, 0.5) is 0 Å². The molecule has 0 aromatic heterocycles. The van der Waals surface area contributed by atoms with Crippen LogP contribution < -0.4 is 4.74 Å². The van der Waals surface area contributed by atoms with Gasteiger partial charge in [0.25, 0.3) is 0 Å². The summed E-state index contributed by atoms with van der Waals surface area (Å²) in [5, 5.41) is 0. The van der Waals surface area contributed by atoms with Gasteiger partial charge >= 0.3 is 0 Å². The molecule has 1 amide bonds. The van der Waals surface area contributed by atoms with Crippen LogP contribution in [0.2, 0.25) is 0 Å². The van der Waals surface area contributed by atoms with E-state index in [-0.39, 0.29) is 5.91 Å². The fraction of sp³-hybridized carbons (Fsp3) is 0.500. The van der Waals surface area contributed by atoms with E-state index in [9.17, 15) is 4.79 Å². The molecule has 0 atom stereocenters. The van der Waals surface area contributed by atoms with Gasteiger partial charge in [0.15, 0.2) is 0 Å². The number of methoxy groups -OCH3 is 1. The molecule has 2 rings (SSSR count). The Morgan fingerprint density at radius 2 is 2.06 bits per heavy atom. The van der Waals surface area contributed by atoms with Crippen molar-refractivity contribution in [3.8, 4) is 5.75 Å². The predicted octanol–water partition coefficient (Wildman–Crippen LogP) is 2.47. The number of ether oxygens (including phenoxy) is 1. The average Bonchev–Trinajstić information content (AvgIpc) is 3.21. The Morgan fingerprint density at radius 1 is 1.39 bits per heavy atom. The highest BCUT2D eigenvalue weighted by atomic mass is 35.5. The smallest absolute Gasteiger partial charge is 0.227 e. The summed E-state index contributed by atoms with van der Waals surface area (Å²) in [6.45, 7) is 0.654. The second kappa shape index (κ2) is 6.10. The molecule has 1 aromatic carbocycles. The number of carbonyl (C=O) groups excluding carboxylic acids is 1. The normalized spacial score (nSPS) is 14.3. The molecular formula is C14H18ClNO2. The molecule has 1 aliphatic rings. The molecule has 0 radical (unpaired) electrons. The van der Waals surface area contributed by atoms with Gasteiger partial charge in [-0.05, 0) is 30.5 Å². The molecule has 0 unspecified atom stereocenters. The number of halogens is 1. The molecule has 3 nitrogen and oxygen atoms in total. The minimum atomic E-state index is 0.170. The number of hydrogen-bond donors (Lipinski definition) is 0. The first-order valence-corrected chi connectivity index (χ1v) is 6.76. The minimum Gasteiger partial charge on any atom is -0.497 e. The Hall–Kier alpha value is -1.22. The van der Waals surface area contributed by atoms with Crippen LogP contribution in [-0.4, -0.2) is 36.4 Å². The van der Waals surface area contributed by atoms with E-state index in [2.05, 4.69) is 0 Å². The first-order chi connectivity index (χ1) is 8.74. The van der Waals surface area contributed by atoms with Crippen molar-refractivity contribution in [2.45, 2.75) is 25.3 Å². The van der Waals surface area contributed by atoms with Crippen LogP contribution in [0.25, 0.3) is 0 Å². The van der Waals surface area contributed by atoms with Gasteiger partial charge in [0.05, 0.1) is 13.5 Å². The Bertz CT molecular complexity index is 401. The molecule has 1 fully saturated rings. The zero-order chi connectivity index (χ0) is 13.0. The highest BCUT2D eigenvalue weighted by Gasteiger charge is 2.31. The summed E-state index contributed by atoms with van der Waals surface area (Å²) in [7, 11) is 1.63. The number of benzene rings is 1. The van der Waals surface area contributed by atoms with Gasteiger partial charge < -0.3 is 9.64 Å². The zero-order valence-corrected chi connectivity index (χ0v) is 11.3. The summed E-state index contributed by atoms with van der Waals surface area (Å²) >= 11 is 5.74. The summed E-state index contributed by atoms with van der Waals surface area (Å²) in [6, 6.07) is 8.05. The average molecular weight is 268 g/mol. The third kappa shape index (κ3) is 3.39. The second-order valence-corrected chi connectivity index (χ2v) is 4.91. The van der Waals surface area contributed by atoms with E-state index >= 15 is 0 Å². The van der Waals surface area contributed by atoms with Gasteiger partial charge in [0, 0.05) is 18.5 Å². The maximum atomic E-state index is 12.2. The molecule has 0 heterocycles. The lowest BCUT2D eigenvalue weighted by atomic mass is 10.1. The van der Waals surface area contributed by atoms with Crippen LogP contribution in [0.3, 0.4) is 0 Å². The van der Waals surface area contributed by atoms with Gasteiger partial charge in [0.1, 0.15) is 5.75 Å². The van der Waals surface area contributed by atoms with E-state index in [1.807, 2.05) is 29.2 Å². The Kier molecular flexibility index (Phi) is 4.48. The SMILES string of the molecule is COc1ccc(CC(=O)N(CCCl)C2CC2)cc1. The molecule has 18 heavy (non-hydrogen) atoms. The van der Waals surface area contributed by atoms with Crippen molar-refractivity contribution in [1.29, 1.82) is 0 Å². The fourth-order valence-electron chi connectivity index (χ4n) is 2.01. The molecule has 0 bridgehead atoms. The lowest BCUT2D eigenvalue weighted by Crippen LogP contribution is -2.35. The quantitative estimate of drug-likeness (QED) is 0.741. The van der Waals surface area contributed by atoms with Crippen LogP contribution >= 0.6 is 11.6 Å². The van der Waals surface area contributed by atoms with Crippen molar-refractivity contribution in [3.05, 3.63) is 29.8 Å². The maximum Gasteiger partial charge on any atom is 0.227 e. The largest absolute Gasteiger partial charge is 0.497 e. The molecule has 0 N–H and O–H groups in total. The Morgan fingerprint density at radius 3 is 2.56 bits per heavy atom. The first-order valence-electron chi connectivity index (χ1n) is 6.23. The predicted molar refractivity (Wildman–Crippen MR) is 72.2 cm³/mol. The summed E-state index contributed by atoms with van der Waals surface area (Å²) in [5.74, 6) is 1.49. The van der Waals surface area contributed by atoms with E-state index in [0.717, 1.165) is 24.2 Å². The van der Waals surface area contributed by atoms with Crippen molar-refractivity contribution < 1.29 is 9.53 Å². The van der Waals surface area contributed by atoms with Crippen molar-refractivity contribution in [3.63, 3.8) is 0 Å². The maximum absolute atomic E-state index is 12.2. The van der Waals surface area contributed by atoms with Gasteiger partial charge in [-0.2, -0.15) is 0 Å². The molecular weight excluding hydrogens is 250 g/mol. The number of hydrogen-bond acceptors (Lipinski definition) is 2. The monoisotopic (exact) mass is 267 g/mol. The molecule has 1 saturated carbocycles. The van der Waals surface area contributed by atoms with Gasteiger partial charge in [0.2, 0.25) is 5.91 Å². The van der Waals surface area contributed by atoms with Gasteiger partial charge in [-0.15, -0.1) is 11.6 Å². The number of amides is 1. The van der Waals surface area contributed by atoms with Gasteiger partial charge in [-0.3, -0.25) is 4.79 Å². The van der Waals surface area contributed by atoms with Crippen molar-refractivity contribution in [1.82, 2.24) is 4.90 Å². The summed E-state index contributed by atoms with van der Waals surface area (Å²) in [5.41, 5.74) is 1.01. The Balaban J connectivity index is 1.95. The summed E-state index contributed by atoms with van der Waals surface area (Å²) in [4.78, 5) is 14.1. The number of nitrogens with zero attached hydrogens (tertiary/aromatic N) is 1. The van der Waals surface area contributed by atoms with Gasteiger partial charge in [-0.1, -0.05) is 12.1 Å². The topological polar surface area (TPSA) is 29.5 Å². The zero-order valence-electron chi connectivity index (χ0n) is 10.6. The van der Waals surface area contributed by atoms with E-state index in [1.54, 1.807) is 7.11 Å². The number of carbonyl (C=O) groups is 1. The number of rotatable bonds is 6. The van der Waals surface area contributed by atoms with E-state index < -0.39 is 0 Å². The fourth-order valence-corrected chi connectivity index (χ4v) is 2.19. The minimum absolute atomic E-state index is 0.170. The van der Waals surface area contributed by atoms with E-state index in [1.165, 1.54) is 0 Å². The van der Waals surface area contributed by atoms with Gasteiger partial charge in [-0.25, -0.2) is 0 Å².